The number of hydrogen-bond donors (Lipinski definition) is 1. The molecule has 0 amide bonds. The molecule has 0 heterocycles. The van der Waals surface area contributed by atoms with Gasteiger partial charge in [0.1, 0.15) is 5.82 Å². The average Bonchev–Trinajstić information content (AvgIpc) is 2.98. The molecule has 41 heavy (non-hydrogen) atoms. The molecule has 0 radical (unpaired) electrons. The zero-order valence-electron chi connectivity index (χ0n) is 24.8. The Kier molecular flexibility index (Phi) is 11.3. The molecule has 1 N–H and O–H groups in total. The van der Waals surface area contributed by atoms with Crippen LogP contribution in [0.4, 0.5) is 4.39 Å². The SMILES string of the molecule is C=C(C)C(=O)OCCc1cc(-c2ccc(-c3ccc(C4CCC(CCCCC)CC4)cc3)cc2F)ccc1CCO. The van der Waals surface area contributed by atoms with Crippen molar-refractivity contribution in [3.05, 3.63) is 95.3 Å². The second-order valence-electron chi connectivity index (χ2n) is 11.7. The molecular weight excluding hydrogens is 511 g/mol. The van der Waals surface area contributed by atoms with Gasteiger partial charge in [0.25, 0.3) is 0 Å². The molecule has 1 fully saturated rings. The Bertz CT molecular complexity index is 1300. The van der Waals surface area contributed by atoms with E-state index in [1.54, 1.807) is 13.0 Å². The number of aliphatic hydroxyl groups excluding tert-OH is 1. The maximum Gasteiger partial charge on any atom is 0.333 e. The fraction of sp³-hybridized carbons (Fsp3) is 0.432. The van der Waals surface area contributed by atoms with Gasteiger partial charge >= 0.3 is 5.97 Å². The zero-order chi connectivity index (χ0) is 29.2. The molecule has 0 spiro atoms. The Morgan fingerprint density at radius 3 is 2.27 bits per heavy atom. The second kappa shape index (κ2) is 15.1. The molecule has 0 bridgehead atoms. The van der Waals surface area contributed by atoms with Crippen LogP contribution in [0.3, 0.4) is 0 Å². The van der Waals surface area contributed by atoms with Crippen LogP contribution < -0.4 is 0 Å². The highest BCUT2D eigenvalue weighted by Gasteiger charge is 2.22. The van der Waals surface area contributed by atoms with Crippen LogP contribution in [0.25, 0.3) is 22.3 Å². The minimum atomic E-state index is -0.426. The van der Waals surface area contributed by atoms with E-state index < -0.39 is 5.97 Å². The van der Waals surface area contributed by atoms with Gasteiger partial charge in [-0.05, 0) is 90.3 Å². The molecule has 1 aliphatic rings. The lowest BCUT2D eigenvalue weighted by Gasteiger charge is -2.29. The van der Waals surface area contributed by atoms with Crippen molar-refractivity contribution in [2.75, 3.05) is 13.2 Å². The Hall–Kier alpha value is -3.24. The molecule has 3 aromatic carbocycles. The highest BCUT2D eigenvalue weighted by Crippen LogP contribution is 2.38. The van der Waals surface area contributed by atoms with Crippen molar-refractivity contribution >= 4 is 5.97 Å². The summed E-state index contributed by atoms with van der Waals surface area (Å²) in [5.41, 5.74) is 6.82. The predicted molar refractivity (Wildman–Crippen MR) is 166 cm³/mol. The van der Waals surface area contributed by atoms with Crippen LogP contribution in [0.5, 0.6) is 0 Å². The van der Waals surface area contributed by atoms with E-state index in [0.29, 0.717) is 29.9 Å². The fourth-order valence-electron chi connectivity index (χ4n) is 6.11. The van der Waals surface area contributed by atoms with Crippen LogP contribution in [-0.4, -0.2) is 24.3 Å². The third kappa shape index (κ3) is 8.39. The number of halogens is 1. The van der Waals surface area contributed by atoms with E-state index in [0.717, 1.165) is 33.7 Å². The van der Waals surface area contributed by atoms with Gasteiger partial charge in [0.2, 0.25) is 0 Å². The molecule has 3 aromatic rings. The smallest absolute Gasteiger partial charge is 0.333 e. The third-order valence-corrected chi connectivity index (χ3v) is 8.60. The van der Waals surface area contributed by atoms with Gasteiger partial charge in [0.15, 0.2) is 0 Å². The van der Waals surface area contributed by atoms with Crippen LogP contribution in [0.2, 0.25) is 0 Å². The molecule has 4 rings (SSSR count). The number of aliphatic hydroxyl groups is 1. The van der Waals surface area contributed by atoms with Gasteiger partial charge in [0, 0.05) is 24.2 Å². The minimum absolute atomic E-state index is 0.0139. The normalized spacial score (nSPS) is 16.9. The van der Waals surface area contributed by atoms with Crippen molar-refractivity contribution in [3.8, 4) is 22.3 Å². The maximum atomic E-state index is 15.4. The summed E-state index contributed by atoms with van der Waals surface area (Å²) in [6.07, 6.45) is 11.6. The van der Waals surface area contributed by atoms with Crippen LogP contribution >= 0.6 is 0 Å². The monoisotopic (exact) mass is 556 g/mol. The summed E-state index contributed by atoms with van der Waals surface area (Å²) in [6.45, 7) is 7.71. The van der Waals surface area contributed by atoms with Crippen molar-refractivity contribution in [1.82, 2.24) is 0 Å². The fourth-order valence-corrected chi connectivity index (χ4v) is 6.11. The summed E-state index contributed by atoms with van der Waals surface area (Å²) in [4.78, 5) is 11.8. The summed E-state index contributed by atoms with van der Waals surface area (Å²) in [6, 6.07) is 19.9. The van der Waals surface area contributed by atoms with E-state index in [-0.39, 0.29) is 19.0 Å². The minimum Gasteiger partial charge on any atom is -0.462 e. The van der Waals surface area contributed by atoms with Crippen LogP contribution in [0.15, 0.2) is 72.8 Å². The van der Waals surface area contributed by atoms with Crippen LogP contribution in [0, 0.1) is 11.7 Å². The number of benzene rings is 3. The van der Waals surface area contributed by atoms with Crippen molar-refractivity contribution in [2.24, 2.45) is 5.92 Å². The first-order valence-electron chi connectivity index (χ1n) is 15.3. The van der Waals surface area contributed by atoms with E-state index in [9.17, 15) is 9.90 Å². The maximum absolute atomic E-state index is 15.4. The molecule has 3 nitrogen and oxygen atoms in total. The summed E-state index contributed by atoms with van der Waals surface area (Å²) in [5, 5.41) is 9.48. The Labute approximate surface area is 245 Å². The molecular formula is C37H45FO3. The van der Waals surface area contributed by atoms with Gasteiger partial charge in [-0.3, -0.25) is 0 Å². The largest absolute Gasteiger partial charge is 0.462 e. The summed E-state index contributed by atoms with van der Waals surface area (Å²) in [7, 11) is 0. The lowest BCUT2D eigenvalue weighted by atomic mass is 9.77. The number of carbonyl (C=O) groups excluding carboxylic acids is 1. The summed E-state index contributed by atoms with van der Waals surface area (Å²) >= 11 is 0. The molecule has 0 saturated heterocycles. The molecule has 1 saturated carbocycles. The lowest BCUT2D eigenvalue weighted by molar-refractivity contribution is -0.138. The van der Waals surface area contributed by atoms with Gasteiger partial charge in [0.05, 0.1) is 6.61 Å². The van der Waals surface area contributed by atoms with E-state index in [1.165, 1.54) is 56.9 Å². The van der Waals surface area contributed by atoms with E-state index in [4.69, 9.17) is 4.74 Å². The van der Waals surface area contributed by atoms with Crippen molar-refractivity contribution in [3.63, 3.8) is 0 Å². The topological polar surface area (TPSA) is 46.5 Å². The van der Waals surface area contributed by atoms with Crippen molar-refractivity contribution in [2.45, 2.75) is 84.0 Å². The molecule has 0 unspecified atom stereocenters. The lowest BCUT2D eigenvalue weighted by Crippen LogP contribution is -2.13. The van der Waals surface area contributed by atoms with Gasteiger partial charge in [-0.2, -0.15) is 0 Å². The molecule has 0 aliphatic heterocycles. The number of carbonyl (C=O) groups is 1. The van der Waals surface area contributed by atoms with Gasteiger partial charge in [-0.1, -0.05) is 93.8 Å². The standard InChI is InChI=1S/C37H45FO3/c1-4-5-6-7-27-8-10-28(11-9-27)29-12-14-30(15-13-29)32-18-19-35(36(38)25-32)34-17-16-31(20-22-39)33(24-34)21-23-41-37(40)26(2)3/h12-19,24-25,27-28,39H,2,4-11,20-23H2,1,3H3. The van der Waals surface area contributed by atoms with Gasteiger partial charge < -0.3 is 9.84 Å². The molecule has 218 valence electrons. The van der Waals surface area contributed by atoms with Crippen LogP contribution in [0.1, 0.15) is 87.8 Å². The molecule has 4 heteroatoms. The summed E-state index contributed by atoms with van der Waals surface area (Å²) < 4.78 is 20.7. The average molecular weight is 557 g/mol. The highest BCUT2D eigenvalue weighted by atomic mass is 19.1. The third-order valence-electron chi connectivity index (χ3n) is 8.60. The second-order valence-corrected chi connectivity index (χ2v) is 11.7. The Balaban J connectivity index is 1.43. The first-order chi connectivity index (χ1) is 19.9. The number of rotatable bonds is 13. The first-order valence-corrected chi connectivity index (χ1v) is 15.3. The number of ether oxygens (including phenoxy) is 1. The first kappa shape index (κ1) is 30.7. The van der Waals surface area contributed by atoms with E-state index in [2.05, 4.69) is 37.8 Å². The predicted octanol–water partition coefficient (Wildman–Crippen LogP) is 9.21. The van der Waals surface area contributed by atoms with Gasteiger partial charge in [-0.25, -0.2) is 9.18 Å². The van der Waals surface area contributed by atoms with E-state index in [1.807, 2.05) is 30.3 Å². The Morgan fingerprint density at radius 1 is 0.902 bits per heavy atom. The summed E-state index contributed by atoms with van der Waals surface area (Å²) in [5.74, 6) is 0.838. The van der Waals surface area contributed by atoms with Gasteiger partial charge in [-0.15, -0.1) is 0 Å². The zero-order valence-corrected chi connectivity index (χ0v) is 24.8. The van der Waals surface area contributed by atoms with Crippen molar-refractivity contribution in [1.29, 1.82) is 0 Å². The van der Waals surface area contributed by atoms with Crippen molar-refractivity contribution < 1.29 is 19.0 Å². The highest BCUT2D eigenvalue weighted by molar-refractivity contribution is 5.86. The molecule has 1 aliphatic carbocycles. The molecule has 0 atom stereocenters. The molecule has 0 aromatic heterocycles. The number of unbranched alkanes of at least 4 members (excludes halogenated alkanes) is 2. The Morgan fingerprint density at radius 2 is 1.61 bits per heavy atom. The van der Waals surface area contributed by atoms with Crippen LogP contribution in [-0.2, 0) is 22.4 Å². The number of esters is 1. The van der Waals surface area contributed by atoms with E-state index >= 15 is 4.39 Å². The number of hydrogen-bond acceptors (Lipinski definition) is 3. The quantitative estimate of drug-likeness (QED) is 0.130.